The number of rotatable bonds is 3. The number of nitrogens with zero attached hydrogens (tertiary/aromatic N) is 2. The molecule has 0 radical (unpaired) electrons. The summed E-state index contributed by atoms with van der Waals surface area (Å²) in [5.41, 5.74) is 0. The Hall–Kier alpha value is -0.160. The Morgan fingerprint density at radius 3 is 3.21 bits per heavy atom. The van der Waals surface area contributed by atoms with Crippen molar-refractivity contribution < 1.29 is 0 Å². The maximum atomic E-state index is 5.83. The van der Waals surface area contributed by atoms with E-state index >= 15 is 0 Å². The Morgan fingerprint density at radius 2 is 2.64 bits per heavy atom. The number of aromatic nitrogens is 1. The van der Waals surface area contributed by atoms with Gasteiger partial charge in [-0.2, -0.15) is 0 Å². The van der Waals surface area contributed by atoms with Crippen LogP contribution in [-0.2, 0) is 6.54 Å². The van der Waals surface area contributed by atoms with Crippen molar-refractivity contribution in [1.29, 1.82) is 0 Å². The molecule has 5 heteroatoms. The molecule has 0 spiro atoms. The lowest BCUT2D eigenvalue weighted by molar-refractivity contribution is 0.322. The van der Waals surface area contributed by atoms with Crippen LogP contribution in [0.15, 0.2) is 6.20 Å². The minimum Gasteiger partial charge on any atom is -0.316 e. The van der Waals surface area contributed by atoms with Crippen molar-refractivity contribution in [3.05, 3.63) is 15.5 Å². The fourth-order valence-electron chi connectivity index (χ4n) is 1.76. The van der Waals surface area contributed by atoms with Crippen LogP contribution in [-0.4, -0.2) is 36.1 Å². The van der Waals surface area contributed by atoms with E-state index in [1.807, 2.05) is 7.05 Å². The topological polar surface area (TPSA) is 28.2 Å². The van der Waals surface area contributed by atoms with E-state index in [0.29, 0.717) is 6.04 Å². The van der Waals surface area contributed by atoms with Crippen LogP contribution in [0.3, 0.4) is 0 Å². The second-order valence-electron chi connectivity index (χ2n) is 3.57. The van der Waals surface area contributed by atoms with Crippen LogP contribution in [0.5, 0.6) is 0 Å². The summed E-state index contributed by atoms with van der Waals surface area (Å²) in [6.07, 6.45) is 2.96. The zero-order chi connectivity index (χ0) is 9.97. The minimum absolute atomic E-state index is 0.644. The summed E-state index contributed by atoms with van der Waals surface area (Å²) in [6, 6.07) is 0.644. The van der Waals surface area contributed by atoms with Gasteiger partial charge in [0, 0.05) is 19.1 Å². The SMILES string of the molecule is CNC1CCN(Cc2ncc(Cl)s2)C1. The van der Waals surface area contributed by atoms with Crippen LogP contribution >= 0.6 is 22.9 Å². The third-order valence-corrected chi connectivity index (χ3v) is 3.66. The predicted octanol–water partition coefficient (Wildman–Crippen LogP) is 1.59. The van der Waals surface area contributed by atoms with Crippen LogP contribution in [0, 0.1) is 0 Å². The zero-order valence-corrected chi connectivity index (χ0v) is 9.74. The lowest BCUT2D eigenvalue weighted by atomic mass is 10.3. The molecule has 2 heterocycles. The highest BCUT2D eigenvalue weighted by molar-refractivity contribution is 7.15. The molecule has 1 N–H and O–H groups in total. The molecule has 14 heavy (non-hydrogen) atoms. The second kappa shape index (κ2) is 4.57. The molecule has 0 saturated carbocycles. The first-order valence-electron chi connectivity index (χ1n) is 4.78. The second-order valence-corrected chi connectivity index (χ2v) is 5.31. The van der Waals surface area contributed by atoms with Gasteiger partial charge in [0.25, 0.3) is 0 Å². The van der Waals surface area contributed by atoms with Gasteiger partial charge in [0.1, 0.15) is 9.34 Å². The first-order chi connectivity index (χ1) is 6.78. The molecule has 1 unspecified atom stereocenters. The van der Waals surface area contributed by atoms with E-state index in [4.69, 9.17) is 11.6 Å². The van der Waals surface area contributed by atoms with Gasteiger partial charge in [-0.3, -0.25) is 4.90 Å². The van der Waals surface area contributed by atoms with Crippen molar-refractivity contribution in [2.45, 2.75) is 19.0 Å². The van der Waals surface area contributed by atoms with Gasteiger partial charge in [0.2, 0.25) is 0 Å². The van der Waals surface area contributed by atoms with E-state index in [0.717, 1.165) is 29.0 Å². The minimum atomic E-state index is 0.644. The molecule has 2 rings (SSSR count). The van der Waals surface area contributed by atoms with E-state index < -0.39 is 0 Å². The number of thiazole rings is 1. The maximum absolute atomic E-state index is 5.83. The molecule has 0 aliphatic carbocycles. The predicted molar refractivity (Wildman–Crippen MR) is 59.9 cm³/mol. The van der Waals surface area contributed by atoms with Gasteiger partial charge in [-0.15, -0.1) is 11.3 Å². The lowest BCUT2D eigenvalue weighted by Gasteiger charge is -2.13. The Balaban J connectivity index is 1.87. The molecule has 0 amide bonds. The number of hydrogen-bond acceptors (Lipinski definition) is 4. The zero-order valence-electron chi connectivity index (χ0n) is 8.16. The maximum Gasteiger partial charge on any atom is 0.113 e. The van der Waals surface area contributed by atoms with Crippen molar-refractivity contribution in [2.24, 2.45) is 0 Å². The summed E-state index contributed by atoms with van der Waals surface area (Å²) < 4.78 is 0.782. The Labute approximate surface area is 93.1 Å². The van der Waals surface area contributed by atoms with Gasteiger partial charge in [-0.05, 0) is 13.5 Å². The fourth-order valence-corrected chi connectivity index (χ4v) is 2.76. The average Bonchev–Trinajstić information content (AvgIpc) is 2.76. The molecule has 1 aliphatic rings. The number of nitrogens with one attached hydrogen (secondary N) is 1. The van der Waals surface area contributed by atoms with Gasteiger partial charge in [0.05, 0.1) is 12.7 Å². The molecule has 1 atom stereocenters. The van der Waals surface area contributed by atoms with E-state index in [1.165, 1.54) is 6.42 Å². The molecule has 1 saturated heterocycles. The summed E-state index contributed by atoms with van der Waals surface area (Å²) >= 11 is 7.40. The first-order valence-corrected chi connectivity index (χ1v) is 5.97. The van der Waals surface area contributed by atoms with Gasteiger partial charge in [-0.25, -0.2) is 4.98 Å². The van der Waals surface area contributed by atoms with Crippen LogP contribution < -0.4 is 5.32 Å². The van der Waals surface area contributed by atoms with Gasteiger partial charge in [0.15, 0.2) is 0 Å². The van der Waals surface area contributed by atoms with E-state index in [9.17, 15) is 0 Å². The third kappa shape index (κ3) is 2.45. The molecule has 1 fully saturated rings. The highest BCUT2D eigenvalue weighted by Gasteiger charge is 2.21. The summed E-state index contributed by atoms with van der Waals surface area (Å²) in [5, 5.41) is 4.42. The van der Waals surface area contributed by atoms with E-state index in [-0.39, 0.29) is 0 Å². The average molecular weight is 232 g/mol. The number of likely N-dealkylation sites (N-methyl/N-ethyl adjacent to an activating group) is 1. The summed E-state index contributed by atoms with van der Waals surface area (Å²) in [6.45, 7) is 3.21. The lowest BCUT2D eigenvalue weighted by Crippen LogP contribution is -2.29. The standard InChI is InChI=1S/C9H14ClN3S/c1-11-7-2-3-13(5-7)6-9-12-4-8(10)14-9/h4,7,11H,2-3,5-6H2,1H3. The largest absolute Gasteiger partial charge is 0.316 e. The van der Waals surface area contributed by atoms with Crippen LogP contribution in [0.2, 0.25) is 4.34 Å². The van der Waals surface area contributed by atoms with Crippen molar-refractivity contribution in [2.75, 3.05) is 20.1 Å². The molecule has 3 nitrogen and oxygen atoms in total. The summed E-state index contributed by atoms with van der Waals surface area (Å²) in [5.74, 6) is 0. The highest BCUT2D eigenvalue weighted by Crippen LogP contribution is 2.21. The third-order valence-electron chi connectivity index (χ3n) is 2.56. The Morgan fingerprint density at radius 1 is 1.79 bits per heavy atom. The van der Waals surface area contributed by atoms with Crippen molar-refractivity contribution in [3.63, 3.8) is 0 Å². The van der Waals surface area contributed by atoms with Crippen molar-refractivity contribution in [1.82, 2.24) is 15.2 Å². The fraction of sp³-hybridized carbons (Fsp3) is 0.667. The monoisotopic (exact) mass is 231 g/mol. The first kappa shape index (κ1) is 10.4. The molecule has 1 aromatic heterocycles. The molecular weight excluding hydrogens is 218 g/mol. The summed E-state index contributed by atoms with van der Waals surface area (Å²) in [4.78, 5) is 6.67. The smallest absolute Gasteiger partial charge is 0.113 e. The van der Waals surface area contributed by atoms with Crippen LogP contribution in [0.25, 0.3) is 0 Å². The summed E-state index contributed by atoms with van der Waals surface area (Å²) in [7, 11) is 2.02. The van der Waals surface area contributed by atoms with E-state index in [1.54, 1.807) is 17.5 Å². The normalized spacial score (nSPS) is 23.1. The van der Waals surface area contributed by atoms with Crippen molar-refractivity contribution >= 4 is 22.9 Å². The van der Waals surface area contributed by atoms with Gasteiger partial charge < -0.3 is 5.32 Å². The molecule has 78 valence electrons. The van der Waals surface area contributed by atoms with E-state index in [2.05, 4.69) is 15.2 Å². The quantitative estimate of drug-likeness (QED) is 0.857. The number of halogens is 1. The Kier molecular flexibility index (Phi) is 3.38. The molecular formula is C9H14ClN3S. The van der Waals surface area contributed by atoms with Crippen molar-refractivity contribution in [3.8, 4) is 0 Å². The van der Waals surface area contributed by atoms with Gasteiger partial charge >= 0.3 is 0 Å². The van der Waals surface area contributed by atoms with Gasteiger partial charge in [-0.1, -0.05) is 11.6 Å². The van der Waals surface area contributed by atoms with Crippen LogP contribution in [0.1, 0.15) is 11.4 Å². The molecule has 0 bridgehead atoms. The highest BCUT2D eigenvalue weighted by atomic mass is 35.5. The molecule has 1 aromatic rings. The number of likely N-dealkylation sites (tertiary alicyclic amines) is 1. The van der Waals surface area contributed by atoms with Crippen LogP contribution in [0.4, 0.5) is 0 Å². The number of hydrogen-bond donors (Lipinski definition) is 1. The molecule has 0 aromatic carbocycles. The molecule has 1 aliphatic heterocycles. The Bertz CT molecular complexity index is 302.